The minimum Gasteiger partial charge on any atom is -0.341 e. The number of likely N-dealkylation sites (tertiary alicyclic amines) is 1. The first kappa shape index (κ1) is 17.2. The zero-order valence-corrected chi connectivity index (χ0v) is 13.2. The highest BCUT2D eigenvalue weighted by Crippen LogP contribution is 2.33. The van der Waals surface area contributed by atoms with Gasteiger partial charge in [0.1, 0.15) is 6.54 Å². The van der Waals surface area contributed by atoms with Crippen molar-refractivity contribution in [2.75, 3.05) is 13.1 Å². The molecule has 1 unspecified atom stereocenters. The average Bonchev–Trinajstić information content (AvgIpc) is 2.96. The summed E-state index contributed by atoms with van der Waals surface area (Å²) in [7, 11) is 0. The molecule has 3 rings (SSSR count). The SMILES string of the molecule is O=C(Cn1c(-c2ccccc2)noc1=O)N1CCCC(C(F)(F)F)C1. The number of halogens is 3. The molecule has 1 aromatic heterocycles. The maximum atomic E-state index is 12.9. The fraction of sp³-hybridized carbons (Fsp3) is 0.438. The third-order valence-electron chi connectivity index (χ3n) is 4.25. The lowest BCUT2D eigenvalue weighted by atomic mass is 9.97. The summed E-state index contributed by atoms with van der Waals surface area (Å²) in [4.78, 5) is 25.4. The van der Waals surface area contributed by atoms with E-state index in [1.165, 1.54) is 0 Å². The number of alkyl halides is 3. The van der Waals surface area contributed by atoms with Crippen molar-refractivity contribution in [2.24, 2.45) is 5.92 Å². The van der Waals surface area contributed by atoms with E-state index >= 15 is 0 Å². The van der Waals surface area contributed by atoms with Gasteiger partial charge < -0.3 is 4.90 Å². The van der Waals surface area contributed by atoms with Gasteiger partial charge in [0.2, 0.25) is 5.91 Å². The van der Waals surface area contributed by atoms with Gasteiger partial charge in [-0.25, -0.2) is 9.36 Å². The summed E-state index contributed by atoms with van der Waals surface area (Å²) in [6.07, 6.45) is -4.04. The minimum atomic E-state index is -4.33. The molecule has 0 aliphatic carbocycles. The molecule has 1 aromatic carbocycles. The fourth-order valence-electron chi connectivity index (χ4n) is 2.91. The smallest absolute Gasteiger partial charge is 0.341 e. The van der Waals surface area contributed by atoms with Gasteiger partial charge in [-0.3, -0.25) is 9.32 Å². The zero-order valence-electron chi connectivity index (χ0n) is 13.2. The van der Waals surface area contributed by atoms with E-state index in [2.05, 4.69) is 9.68 Å². The van der Waals surface area contributed by atoms with Crippen LogP contribution in [0.1, 0.15) is 12.8 Å². The van der Waals surface area contributed by atoms with Crippen molar-refractivity contribution >= 4 is 5.91 Å². The molecule has 0 spiro atoms. The first-order valence-electron chi connectivity index (χ1n) is 7.82. The third-order valence-corrected chi connectivity index (χ3v) is 4.25. The average molecular weight is 355 g/mol. The summed E-state index contributed by atoms with van der Waals surface area (Å²) in [5.41, 5.74) is 0.577. The summed E-state index contributed by atoms with van der Waals surface area (Å²) in [5, 5.41) is 3.66. The molecule has 134 valence electrons. The van der Waals surface area contributed by atoms with Crippen LogP contribution in [0.4, 0.5) is 13.2 Å². The van der Waals surface area contributed by atoms with Gasteiger partial charge in [-0.2, -0.15) is 13.2 Å². The number of aromatic nitrogens is 2. The predicted molar refractivity (Wildman–Crippen MR) is 81.6 cm³/mol. The monoisotopic (exact) mass is 355 g/mol. The molecule has 1 saturated heterocycles. The van der Waals surface area contributed by atoms with Gasteiger partial charge in [-0.15, -0.1) is 0 Å². The van der Waals surface area contributed by atoms with Crippen molar-refractivity contribution in [3.8, 4) is 11.4 Å². The Labute approximate surface area is 140 Å². The van der Waals surface area contributed by atoms with Gasteiger partial charge in [0, 0.05) is 18.7 Å². The van der Waals surface area contributed by atoms with E-state index in [-0.39, 0.29) is 31.8 Å². The fourth-order valence-corrected chi connectivity index (χ4v) is 2.91. The molecule has 0 bridgehead atoms. The van der Waals surface area contributed by atoms with Crippen LogP contribution in [0.25, 0.3) is 11.4 Å². The van der Waals surface area contributed by atoms with Gasteiger partial charge in [-0.1, -0.05) is 35.5 Å². The van der Waals surface area contributed by atoms with Crippen LogP contribution in [-0.2, 0) is 11.3 Å². The highest BCUT2D eigenvalue weighted by Gasteiger charge is 2.42. The molecule has 0 N–H and O–H groups in total. The number of benzene rings is 1. The van der Waals surface area contributed by atoms with Gasteiger partial charge in [0.05, 0.1) is 5.92 Å². The van der Waals surface area contributed by atoms with E-state index in [0.29, 0.717) is 5.56 Å². The molecule has 1 aliphatic heterocycles. The van der Waals surface area contributed by atoms with Gasteiger partial charge in [0.25, 0.3) is 0 Å². The van der Waals surface area contributed by atoms with E-state index in [9.17, 15) is 22.8 Å². The molecular formula is C16H16F3N3O3. The molecule has 9 heteroatoms. The number of carbonyl (C=O) groups excluding carboxylic acids is 1. The lowest BCUT2D eigenvalue weighted by molar-refractivity contribution is -0.188. The Morgan fingerprint density at radius 3 is 2.68 bits per heavy atom. The van der Waals surface area contributed by atoms with Crippen LogP contribution in [0.3, 0.4) is 0 Å². The minimum absolute atomic E-state index is 0.00968. The Morgan fingerprint density at radius 2 is 2.00 bits per heavy atom. The van der Waals surface area contributed by atoms with Crippen molar-refractivity contribution in [1.29, 1.82) is 0 Å². The van der Waals surface area contributed by atoms with Crippen LogP contribution >= 0.6 is 0 Å². The Kier molecular flexibility index (Phi) is 4.65. The molecule has 1 atom stereocenters. The summed E-state index contributed by atoms with van der Waals surface area (Å²) < 4.78 is 44.3. The number of nitrogens with zero attached hydrogens (tertiary/aromatic N) is 3. The van der Waals surface area contributed by atoms with Crippen LogP contribution in [-0.4, -0.2) is 39.8 Å². The molecule has 25 heavy (non-hydrogen) atoms. The lowest BCUT2D eigenvalue weighted by Gasteiger charge is -2.33. The van der Waals surface area contributed by atoms with Crippen molar-refractivity contribution in [2.45, 2.75) is 25.6 Å². The van der Waals surface area contributed by atoms with Crippen molar-refractivity contribution in [1.82, 2.24) is 14.6 Å². The summed E-state index contributed by atoms with van der Waals surface area (Å²) >= 11 is 0. The molecule has 1 fully saturated rings. The van der Waals surface area contributed by atoms with Gasteiger partial charge in [-0.05, 0) is 12.8 Å². The van der Waals surface area contributed by atoms with E-state index in [1.807, 2.05) is 0 Å². The number of piperidine rings is 1. The molecule has 0 saturated carbocycles. The molecule has 2 heterocycles. The number of hydrogen-bond donors (Lipinski definition) is 0. The van der Waals surface area contributed by atoms with Crippen LogP contribution in [0, 0.1) is 5.92 Å². The predicted octanol–water partition coefficient (Wildman–Crippen LogP) is 2.30. The summed E-state index contributed by atoms with van der Waals surface area (Å²) in [6.45, 7) is -0.549. The molecule has 1 amide bonds. The molecule has 1 aliphatic rings. The highest BCUT2D eigenvalue weighted by atomic mass is 19.4. The van der Waals surface area contributed by atoms with Crippen molar-refractivity contribution < 1.29 is 22.5 Å². The Balaban J connectivity index is 1.78. The number of carbonyl (C=O) groups is 1. The first-order chi connectivity index (χ1) is 11.9. The van der Waals surface area contributed by atoms with Crippen molar-refractivity contribution in [3.05, 3.63) is 40.9 Å². The number of amides is 1. The van der Waals surface area contributed by atoms with Crippen LogP contribution < -0.4 is 5.76 Å². The number of rotatable bonds is 3. The molecule has 0 radical (unpaired) electrons. The van der Waals surface area contributed by atoms with Crippen molar-refractivity contribution in [3.63, 3.8) is 0 Å². The Hall–Kier alpha value is -2.58. The summed E-state index contributed by atoms with van der Waals surface area (Å²) in [6, 6.07) is 8.64. The Bertz CT molecular complexity index is 798. The quantitative estimate of drug-likeness (QED) is 0.847. The van der Waals surface area contributed by atoms with E-state index in [4.69, 9.17) is 0 Å². The second-order valence-corrected chi connectivity index (χ2v) is 5.94. The van der Waals surface area contributed by atoms with E-state index in [0.717, 1.165) is 9.47 Å². The van der Waals surface area contributed by atoms with E-state index < -0.39 is 30.3 Å². The van der Waals surface area contributed by atoms with Gasteiger partial charge in [0.15, 0.2) is 5.82 Å². The zero-order chi connectivity index (χ0) is 18.0. The molecule has 2 aromatic rings. The largest absolute Gasteiger partial charge is 0.442 e. The summed E-state index contributed by atoms with van der Waals surface area (Å²) in [5.74, 6) is -2.74. The third kappa shape index (κ3) is 3.75. The first-order valence-corrected chi connectivity index (χ1v) is 7.82. The van der Waals surface area contributed by atoms with Gasteiger partial charge >= 0.3 is 11.9 Å². The van der Waals surface area contributed by atoms with E-state index in [1.54, 1.807) is 30.3 Å². The second kappa shape index (κ2) is 6.73. The van der Waals surface area contributed by atoms with Crippen LogP contribution in [0.15, 0.2) is 39.6 Å². The maximum Gasteiger partial charge on any atom is 0.442 e. The second-order valence-electron chi connectivity index (χ2n) is 5.94. The lowest BCUT2D eigenvalue weighted by Crippen LogP contribution is -2.46. The maximum absolute atomic E-state index is 12.9. The Morgan fingerprint density at radius 1 is 1.28 bits per heavy atom. The highest BCUT2D eigenvalue weighted by molar-refractivity contribution is 5.76. The standard InChI is InChI=1S/C16H16F3N3O3/c17-16(18,19)12-7-4-8-21(9-12)13(23)10-22-14(20-25-15(22)24)11-5-2-1-3-6-11/h1-3,5-6,12H,4,7-10H2. The molecular weight excluding hydrogens is 339 g/mol. The topological polar surface area (TPSA) is 68.3 Å². The van der Waals surface area contributed by atoms with Crippen LogP contribution in [0.2, 0.25) is 0 Å². The number of hydrogen-bond acceptors (Lipinski definition) is 4. The van der Waals surface area contributed by atoms with Crippen LogP contribution in [0.5, 0.6) is 0 Å². The normalized spacial score (nSPS) is 18.4. The molecule has 6 nitrogen and oxygen atoms in total.